The van der Waals surface area contributed by atoms with E-state index in [0.29, 0.717) is 0 Å². The highest BCUT2D eigenvalue weighted by Crippen LogP contribution is 2.17. The van der Waals surface area contributed by atoms with E-state index >= 15 is 0 Å². The molecule has 1 aromatic heterocycles. The lowest BCUT2D eigenvalue weighted by molar-refractivity contribution is 0.229. The SMILES string of the molecule is c1ccc2c(CNCCN3CCCCC3)c[nH]c2c1. The van der Waals surface area contributed by atoms with Crippen LogP contribution in [0.1, 0.15) is 24.8 Å². The number of hydrogen-bond donors (Lipinski definition) is 2. The fourth-order valence-corrected chi connectivity index (χ4v) is 2.92. The Hall–Kier alpha value is -1.32. The van der Waals surface area contributed by atoms with Gasteiger partial charge in [0.05, 0.1) is 0 Å². The Kier molecular flexibility index (Phi) is 4.16. The van der Waals surface area contributed by atoms with Crippen molar-refractivity contribution >= 4 is 10.9 Å². The number of nitrogens with one attached hydrogen (secondary N) is 2. The van der Waals surface area contributed by atoms with Gasteiger partial charge in [0.15, 0.2) is 0 Å². The summed E-state index contributed by atoms with van der Waals surface area (Å²) in [5, 5.41) is 4.91. The van der Waals surface area contributed by atoms with Crippen LogP contribution in [0.4, 0.5) is 0 Å². The van der Waals surface area contributed by atoms with Gasteiger partial charge in [-0.3, -0.25) is 0 Å². The number of hydrogen-bond acceptors (Lipinski definition) is 2. The highest BCUT2D eigenvalue weighted by Gasteiger charge is 2.09. The number of H-pyrrole nitrogens is 1. The molecule has 2 aromatic rings. The zero-order valence-corrected chi connectivity index (χ0v) is 11.5. The Morgan fingerprint density at radius 3 is 2.84 bits per heavy atom. The predicted octanol–water partition coefficient (Wildman–Crippen LogP) is 2.74. The first-order valence-corrected chi connectivity index (χ1v) is 7.41. The molecule has 0 amide bonds. The van der Waals surface area contributed by atoms with Gasteiger partial charge < -0.3 is 15.2 Å². The molecular weight excluding hydrogens is 234 g/mol. The summed E-state index contributed by atoms with van der Waals surface area (Å²) >= 11 is 0. The number of para-hydroxylation sites is 1. The van der Waals surface area contributed by atoms with Gasteiger partial charge in [0.1, 0.15) is 0 Å². The molecule has 3 heteroatoms. The second kappa shape index (κ2) is 6.22. The van der Waals surface area contributed by atoms with Crippen LogP contribution in [-0.2, 0) is 6.54 Å². The first-order valence-electron chi connectivity index (χ1n) is 7.41. The molecule has 19 heavy (non-hydrogen) atoms. The molecule has 2 N–H and O–H groups in total. The summed E-state index contributed by atoms with van der Waals surface area (Å²) in [6.45, 7) is 5.79. The van der Waals surface area contributed by atoms with Crippen LogP contribution < -0.4 is 5.32 Å². The van der Waals surface area contributed by atoms with E-state index in [-0.39, 0.29) is 0 Å². The molecule has 1 fully saturated rings. The molecule has 1 saturated heterocycles. The van der Waals surface area contributed by atoms with E-state index in [0.717, 1.165) is 13.1 Å². The highest BCUT2D eigenvalue weighted by molar-refractivity contribution is 5.82. The molecule has 0 bridgehead atoms. The number of piperidine rings is 1. The highest BCUT2D eigenvalue weighted by atomic mass is 15.1. The first kappa shape index (κ1) is 12.7. The van der Waals surface area contributed by atoms with Crippen LogP contribution in [0.2, 0.25) is 0 Å². The molecule has 1 aliphatic rings. The predicted molar refractivity (Wildman–Crippen MR) is 80.3 cm³/mol. The van der Waals surface area contributed by atoms with Crippen molar-refractivity contribution in [3.05, 3.63) is 36.0 Å². The molecule has 0 spiro atoms. The van der Waals surface area contributed by atoms with Gasteiger partial charge in [0.2, 0.25) is 0 Å². The molecule has 1 aliphatic heterocycles. The minimum absolute atomic E-state index is 0.956. The molecule has 0 saturated carbocycles. The molecule has 3 rings (SSSR count). The van der Waals surface area contributed by atoms with Gasteiger partial charge in [-0.25, -0.2) is 0 Å². The van der Waals surface area contributed by atoms with Crippen molar-refractivity contribution in [2.24, 2.45) is 0 Å². The third-order valence-electron chi connectivity index (χ3n) is 4.04. The number of aromatic amines is 1. The zero-order valence-electron chi connectivity index (χ0n) is 11.5. The van der Waals surface area contributed by atoms with E-state index in [1.807, 2.05) is 0 Å². The largest absolute Gasteiger partial charge is 0.361 e. The number of benzene rings is 1. The van der Waals surface area contributed by atoms with Crippen molar-refractivity contribution in [1.82, 2.24) is 15.2 Å². The molecular formula is C16H23N3. The van der Waals surface area contributed by atoms with Crippen molar-refractivity contribution < 1.29 is 0 Å². The summed E-state index contributed by atoms with van der Waals surface area (Å²) in [6, 6.07) is 8.50. The Balaban J connectivity index is 1.47. The standard InChI is InChI=1S/C16H23N3/c1-4-9-19(10-5-1)11-8-17-12-14-13-18-16-7-3-2-6-15(14)16/h2-3,6-7,13,17-18H,1,4-5,8-12H2. The lowest BCUT2D eigenvalue weighted by atomic mass is 10.1. The number of aromatic nitrogens is 1. The van der Waals surface area contributed by atoms with Crippen LogP contribution >= 0.6 is 0 Å². The Labute approximate surface area is 115 Å². The van der Waals surface area contributed by atoms with Gasteiger partial charge in [-0.05, 0) is 37.6 Å². The summed E-state index contributed by atoms with van der Waals surface area (Å²) in [5.74, 6) is 0. The fraction of sp³-hybridized carbons (Fsp3) is 0.500. The fourth-order valence-electron chi connectivity index (χ4n) is 2.92. The number of nitrogens with zero attached hydrogens (tertiary/aromatic N) is 1. The Bertz CT molecular complexity index is 511. The minimum Gasteiger partial charge on any atom is -0.361 e. The molecule has 2 heterocycles. The van der Waals surface area contributed by atoms with Crippen molar-refractivity contribution in [3.63, 3.8) is 0 Å². The third kappa shape index (κ3) is 3.17. The monoisotopic (exact) mass is 257 g/mol. The van der Waals surface area contributed by atoms with Gasteiger partial charge in [0.25, 0.3) is 0 Å². The van der Waals surface area contributed by atoms with Crippen LogP contribution in [-0.4, -0.2) is 36.1 Å². The lowest BCUT2D eigenvalue weighted by Crippen LogP contribution is -2.35. The first-order chi connectivity index (χ1) is 9.43. The van der Waals surface area contributed by atoms with Crippen molar-refractivity contribution in [1.29, 1.82) is 0 Å². The van der Waals surface area contributed by atoms with Crippen LogP contribution in [0.15, 0.2) is 30.5 Å². The summed E-state index contributed by atoms with van der Waals surface area (Å²) < 4.78 is 0. The van der Waals surface area contributed by atoms with E-state index in [1.54, 1.807) is 0 Å². The molecule has 102 valence electrons. The second-order valence-electron chi connectivity index (χ2n) is 5.44. The van der Waals surface area contributed by atoms with Gasteiger partial charge in [-0.2, -0.15) is 0 Å². The molecule has 3 nitrogen and oxygen atoms in total. The van der Waals surface area contributed by atoms with E-state index in [4.69, 9.17) is 0 Å². The van der Waals surface area contributed by atoms with Crippen LogP contribution in [0.3, 0.4) is 0 Å². The smallest absolute Gasteiger partial charge is 0.0457 e. The Morgan fingerprint density at radius 2 is 1.95 bits per heavy atom. The summed E-state index contributed by atoms with van der Waals surface area (Å²) in [4.78, 5) is 5.90. The topological polar surface area (TPSA) is 31.1 Å². The van der Waals surface area contributed by atoms with Crippen molar-refractivity contribution in [3.8, 4) is 0 Å². The zero-order chi connectivity index (χ0) is 12.9. The van der Waals surface area contributed by atoms with Crippen LogP contribution in [0.25, 0.3) is 10.9 Å². The molecule has 0 atom stereocenters. The lowest BCUT2D eigenvalue weighted by Gasteiger charge is -2.26. The van der Waals surface area contributed by atoms with Crippen molar-refractivity contribution in [2.45, 2.75) is 25.8 Å². The summed E-state index contributed by atoms with van der Waals surface area (Å²) in [6.07, 6.45) is 6.29. The van der Waals surface area contributed by atoms with E-state index in [1.165, 1.54) is 55.4 Å². The van der Waals surface area contributed by atoms with E-state index < -0.39 is 0 Å². The molecule has 0 unspecified atom stereocenters. The van der Waals surface area contributed by atoms with E-state index in [9.17, 15) is 0 Å². The van der Waals surface area contributed by atoms with Gasteiger partial charge in [0, 0.05) is 36.7 Å². The maximum absolute atomic E-state index is 3.57. The number of rotatable bonds is 5. The average molecular weight is 257 g/mol. The maximum Gasteiger partial charge on any atom is 0.0457 e. The quantitative estimate of drug-likeness (QED) is 0.807. The number of fused-ring (bicyclic) bond motifs is 1. The molecule has 1 aromatic carbocycles. The van der Waals surface area contributed by atoms with E-state index in [2.05, 4.69) is 45.7 Å². The normalized spacial score (nSPS) is 17.1. The van der Waals surface area contributed by atoms with Gasteiger partial charge in [-0.15, -0.1) is 0 Å². The van der Waals surface area contributed by atoms with Gasteiger partial charge >= 0.3 is 0 Å². The third-order valence-corrected chi connectivity index (χ3v) is 4.04. The van der Waals surface area contributed by atoms with Crippen molar-refractivity contribution in [2.75, 3.05) is 26.2 Å². The summed E-state index contributed by atoms with van der Waals surface area (Å²) in [7, 11) is 0. The Morgan fingerprint density at radius 1 is 1.11 bits per heavy atom. The van der Waals surface area contributed by atoms with Gasteiger partial charge in [-0.1, -0.05) is 24.6 Å². The average Bonchev–Trinajstić information content (AvgIpc) is 2.88. The minimum atomic E-state index is 0.956. The maximum atomic E-state index is 3.57. The van der Waals surface area contributed by atoms with Crippen LogP contribution in [0, 0.1) is 0 Å². The molecule has 0 radical (unpaired) electrons. The molecule has 0 aliphatic carbocycles. The second-order valence-corrected chi connectivity index (χ2v) is 5.44. The van der Waals surface area contributed by atoms with Crippen LogP contribution in [0.5, 0.6) is 0 Å². The number of likely N-dealkylation sites (tertiary alicyclic amines) is 1. The summed E-state index contributed by atoms with van der Waals surface area (Å²) in [5.41, 5.74) is 2.60.